The second-order valence-electron chi connectivity index (χ2n) is 4.64. The van der Waals surface area contributed by atoms with Gasteiger partial charge in [-0.15, -0.1) is 4.83 Å². The van der Waals surface area contributed by atoms with Gasteiger partial charge >= 0.3 is 0 Å². The van der Waals surface area contributed by atoms with Crippen LogP contribution in [-0.2, 0) is 10.0 Å². The Morgan fingerprint density at radius 1 is 1.13 bits per heavy atom. The van der Waals surface area contributed by atoms with Gasteiger partial charge in [-0.25, -0.2) is 8.42 Å². The summed E-state index contributed by atoms with van der Waals surface area (Å²) in [6, 6.07) is 6.28. The summed E-state index contributed by atoms with van der Waals surface area (Å²) >= 11 is 0.927. The number of amides is 1. The smallest absolute Gasteiger partial charge is 0.266 e. The van der Waals surface area contributed by atoms with E-state index in [0.29, 0.717) is 11.1 Å². The Kier molecular flexibility index (Phi) is 4.03. The Bertz CT molecular complexity index is 970. The molecule has 0 aliphatic heterocycles. The zero-order chi connectivity index (χ0) is 16.4. The van der Waals surface area contributed by atoms with Crippen molar-refractivity contribution in [3.8, 4) is 0 Å². The fourth-order valence-electron chi connectivity index (χ4n) is 2.01. The number of aromatic nitrogens is 3. The molecular weight excluding hydrogens is 338 g/mol. The number of carbonyl (C=O) groups excluding carboxylic acids is 1. The predicted molar refractivity (Wildman–Crippen MR) is 84.2 cm³/mol. The second-order valence-corrected chi connectivity index (χ2v) is 6.79. The molecule has 0 saturated carbocycles. The average Bonchev–Trinajstić information content (AvgIpc) is 3.01. The highest BCUT2D eigenvalue weighted by Gasteiger charge is 2.23. The molecule has 0 fully saturated rings. The molecule has 0 radical (unpaired) electrons. The summed E-state index contributed by atoms with van der Waals surface area (Å²) in [7, 11) is -3.98. The number of carbonyl (C=O) groups is 1. The first kappa shape index (κ1) is 15.5. The molecule has 1 aromatic carbocycles. The van der Waals surface area contributed by atoms with Crippen LogP contribution in [0.25, 0.3) is 11.0 Å². The van der Waals surface area contributed by atoms with E-state index >= 15 is 0 Å². The number of aryl methyl sites for hydroxylation is 1. The summed E-state index contributed by atoms with van der Waals surface area (Å²) in [4.78, 5) is 17.8. The molecule has 0 spiro atoms. The van der Waals surface area contributed by atoms with Crippen molar-refractivity contribution >= 4 is 38.7 Å². The number of hydrogen-bond donors (Lipinski definition) is 2. The van der Waals surface area contributed by atoms with Gasteiger partial charge in [0.05, 0.1) is 11.7 Å². The molecule has 1 amide bonds. The van der Waals surface area contributed by atoms with Gasteiger partial charge in [-0.05, 0) is 30.7 Å². The van der Waals surface area contributed by atoms with Gasteiger partial charge in [-0.2, -0.15) is 8.75 Å². The molecule has 0 bridgehead atoms. The summed E-state index contributed by atoms with van der Waals surface area (Å²) in [5.74, 6) is -0.586. The monoisotopic (exact) mass is 349 g/mol. The second kappa shape index (κ2) is 5.99. The minimum absolute atomic E-state index is 0.00113. The van der Waals surface area contributed by atoms with Crippen LogP contribution in [0.15, 0.2) is 41.6 Å². The molecule has 118 valence electrons. The number of nitrogens with one attached hydrogen (secondary N) is 2. The Hall–Kier alpha value is -2.43. The van der Waals surface area contributed by atoms with E-state index in [0.717, 1.165) is 11.7 Å². The Labute approximate surface area is 135 Å². The summed E-state index contributed by atoms with van der Waals surface area (Å²) in [5, 5.41) is 0. The van der Waals surface area contributed by atoms with Crippen molar-refractivity contribution in [1.29, 1.82) is 0 Å². The number of rotatable bonds is 4. The van der Waals surface area contributed by atoms with Gasteiger partial charge in [0.1, 0.15) is 15.9 Å². The van der Waals surface area contributed by atoms with Crippen LogP contribution < -0.4 is 10.3 Å². The van der Waals surface area contributed by atoms with Crippen LogP contribution in [0.5, 0.6) is 0 Å². The molecule has 2 aromatic heterocycles. The van der Waals surface area contributed by atoms with Crippen LogP contribution in [0, 0.1) is 6.92 Å². The van der Waals surface area contributed by atoms with Crippen molar-refractivity contribution in [1.82, 2.24) is 24.0 Å². The fraction of sp³-hybridized carbons (Fsp3) is 0.0769. The molecule has 0 unspecified atom stereocenters. The molecule has 0 saturated heterocycles. The van der Waals surface area contributed by atoms with E-state index in [1.807, 2.05) is 0 Å². The maximum absolute atomic E-state index is 12.5. The normalized spacial score (nSPS) is 11.5. The lowest BCUT2D eigenvalue weighted by molar-refractivity contribution is 0.0945. The summed E-state index contributed by atoms with van der Waals surface area (Å²) in [6.07, 6.45) is 2.88. The SMILES string of the molecule is Cc1ccc2nsnc2c1S(=O)(=O)NNC(=O)c1ccncc1. The lowest BCUT2D eigenvalue weighted by atomic mass is 10.2. The Morgan fingerprint density at radius 2 is 1.87 bits per heavy atom. The fourth-order valence-corrected chi connectivity index (χ4v) is 3.83. The van der Waals surface area contributed by atoms with Crippen molar-refractivity contribution in [2.45, 2.75) is 11.8 Å². The Morgan fingerprint density at radius 3 is 2.61 bits per heavy atom. The highest BCUT2D eigenvalue weighted by Crippen LogP contribution is 2.24. The standard InChI is InChI=1S/C13H11N5O3S2/c1-8-2-3-10-11(17-22-16-10)12(8)23(20,21)18-15-13(19)9-4-6-14-7-5-9/h2-7,18H,1H3,(H,15,19). The lowest BCUT2D eigenvalue weighted by Gasteiger charge is -2.10. The number of hydrogen-bond acceptors (Lipinski definition) is 7. The average molecular weight is 349 g/mol. The molecule has 0 aliphatic rings. The van der Waals surface area contributed by atoms with Gasteiger partial charge in [0.25, 0.3) is 15.9 Å². The number of nitrogens with zero attached hydrogens (tertiary/aromatic N) is 3. The van der Waals surface area contributed by atoms with Gasteiger partial charge in [-0.1, -0.05) is 6.07 Å². The van der Waals surface area contributed by atoms with E-state index in [9.17, 15) is 13.2 Å². The number of benzene rings is 1. The molecule has 0 atom stereocenters. The first-order valence-electron chi connectivity index (χ1n) is 6.43. The molecule has 2 heterocycles. The third kappa shape index (κ3) is 3.04. The molecule has 10 heteroatoms. The van der Waals surface area contributed by atoms with E-state index < -0.39 is 15.9 Å². The van der Waals surface area contributed by atoms with Crippen LogP contribution in [0.1, 0.15) is 15.9 Å². The van der Waals surface area contributed by atoms with E-state index in [1.165, 1.54) is 24.5 Å². The Balaban J connectivity index is 1.88. The van der Waals surface area contributed by atoms with Gasteiger partial charge in [0.15, 0.2) is 0 Å². The first-order valence-corrected chi connectivity index (χ1v) is 8.64. The summed E-state index contributed by atoms with van der Waals surface area (Å²) in [6.45, 7) is 1.65. The molecule has 23 heavy (non-hydrogen) atoms. The number of fused-ring (bicyclic) bond motifs is 1. The molecule has 2 N–H and O–H groups in total. The third-order valence-corrected chi connectivity index (χ3v) is 5.05. The van der Waals surface area contributed by atoms with Crippen LogP contribution in [0.2, 0.25) is 0 Å². The number of pyridine rings is 1. The summed E-state index contributed by atoms with van der Waals surface area (Å²) in [5.41, 5.74) is 3.73. The summed E-state index contributed by atoms with van der Waals surface area (Å²) < 4.78 is 33.0. The number of hydrazine groups is 1. The van der Waals surface area contributed by atoms with Gasteiger partial charge < -0.3 is 0 Å². The van der Waals surface area contributed by atoms with E-state index in [1.54, 1.807) is 19.1 Å². The van der Waals surface area contributed by atoms with E-state index in [4.69, 9.17) is 0 Å². The maximum Gasteiger partial charge on any atom is 0.266 e. The zero-order valence-electron chi connectivity index (χ0n) is 11.8. The highest BCUT2D eigenvalue weighted by molar-refractivity contribution is 7.89. The first-order chi connectivity index (χ1) is 11.0. The zero-order valence-corrected chi connectivity index (χ0v) is 13.5. The van der Waals surface area contributed by atoms with E-state index in [2.05, 4.69) is 24.0 Å². The van der Waals surface area contributed by atoms with Crippen molar-refractivity contribution < 1.29 is 13.2 Å². The minimum Gasteiger partial charge on any atom is -0.273 e. The van der Waals surface area contributed by atoms with Gasteiger partial charge in [0, 0.05) is 18.0 Å². The van der Waals surface area contributed by atoms with Crippen LogP contribution in [0.4, 0.5) is 0 Å². The van der Waals surface area contributed by atoms with Crippen molar-refractivity contribution in [3.63, 3.8) is 0 Å². The maximum atomic E-state index is 12.5. The van der Waals surface area contributed by atoms with Crippen LogP contribution in [0.3, 0.4) is 0 Å². The molecular formula is C13H11N5O3S2. The van der Waals surface area contributed by atoms with Gasteiger partial charge in [-0.3, -0.25) is 15.2 Å². The third-order valence-electron chi connectivity index (χ3n) is 3.09. The van der Waals surface area contributed by atoms with E-state index in [-0.39, 0.29) is 16.0 Å². The van der Waals surface area contributed by atoms with Gasteiger partial charge in [0.2, 0.25) is 0 Å². The molecule has 0 aliphatic carbocycles. The lowest BCUT2D eigenvalue weighted by Crippen LogP contribution is -2.41. The highest BCUT2D eigenvalue weighted by atomic mass is 32.2. The molecule has 8 nitrogen and oxygen atoms in total. The van der Waals surface area contributed by atoms with Crippen LogP contribution >= 0.6 is 11.7 Å². The minimum atomic E-state index is -3.98. The largest absolute Gasteiger partial charge is 0.273 e. The molecule has 3 rings (SSSR count). The van der Waals surface area contributed by atoms with Crippen molar-refractivity contribution in [3.05, 3.63) is 47.8 Å². The quantitative estimate of drug-likeness (QED) is 0.680. The van der Waals surface area contributed by atoms with Crippen LogP contribution in [-0.4, -0.2) is 28.1 Å². The number of sulfonamides is 1. The van der Waals surface area contributed by atoms with Crippen molar-refractivity contribution in [2.75, 3.05) is 0 Å². The predicted octanol–water partition coefficient (Wildman–Crippen LogP) is 1.02. The van der Waals surface area contributed by atoms with Crippen molar-refractivity contribution in [2.24, 2.45) is 0 Å². The molecule has 3 aromatic rings. The topological polar surface area (TPSA) is 114 Å².